The summed E-state index contributed by atoms with van der Waals surface area (Å²) in [5.74, 6) is 2.93. The molecule has 0 spiro atoms. The summed E-state index contributed by atoms with van der Waals surface area (Å²) in [5.41, 5.74) is 4.44. The first kappa shape index (κ1) is 11.5. The van der Waals surface area contributed by atoms with Gasteiger partial charge in [-0.1, -0.05) is 11.8 Å². The molecule has 0 aliphatic heterocycles. The van der Waals surface area contributed by atoms with Crippen LogP contribution in [0.3, 0.4) is 0 Å². The average molecular weight is 211 g/mol. The molecule has 0 aliphatic rings. The molecule has 0 saturated carbocycles. The zero-order chi connectivity index (χ0) is 11.6. The minimum atomic E-state index is -1.20. The molecule has 0 bridgehead atoms. The second kappa shape index (κ2) is 3.87. The van der Waals surface area contributed by atoms with Crippen molar-refractivity contribution in [3.63, 3.8) is 0 Å². The Morgan fingerprint density at radius 2 is 1.80 bits per heavy atom. The quantitative estimate of drug-likeness (QED) is 0.506. The largest absolute Gasteiger partial charge is 0.398 e. The van der Waals surface area contributed by atoms with Crippen LogP contribution in [0, 0.1) is 23.5 Å². The summed E-state index contributed by atoms with van der Waals surface area (Å²) in [7, 11) is 0. The predicted octanol–water partition coefficient (Wildman–Crippen LogP) is 1.67. The third kappa shape index (κ3) is 3.22. The molecule has 15 heavy (non-hydrogen) atoms. The third-order valence-electron chi connectivity index (χ3n) is 1.60. The van der Waals surface area contributed by atoms with E-state index in [1.54, 1.807) is 0 Å². The number of hydrogen-bond acceptors (Lipinski definition) is 2. The van der Waals surface area contributed by atoms with E-state index >= 15 is 0 Å². The van der Waals surface area contributed by atoms with Crippen LogP contribution in [0.2, 0.25) is 0 Å². The van der Waals surface area contributed by atoms with Gasteiger partial charge in [-0.3, -0.25) is 0 Å². The normalized spacial score (nSPS) is 10.7. The Morgan fingerprint density at radius 1 is 1.27 bits per heavy atom. The lowest BCUT2D eigenvalue weighted by molar-refractivity contribution is 0.143. The SMILES string of the molecule is CC(C)(O)C#Cc1cc(F)c(F)cc1N. The summed E-state index contributed by atoms with van der Waals surface area (Å²) in [6.07, 6.45) is 0. The summed E-state index contributed by atoms with van der Waals surface area (Å²) < 4.78 is 25.5. The first-order valence-electron chi connectivity index (χ1n) is 4.29. The van der Waals surface area contributed by atoms with Gasteiger partial charge in [0.05, 0.1) is 11.3 Å². The van der Waals surface area contributed by atoms with Crippen LogP contribution < -0.4 is 5.73 Å². The van der Waals surface area contributed by atoms with Gasteiger partial charge < -0.3 is 10.8 Å². The standard InChI is InChI=1S/C11H11F2NO/c1-11(2,15)4-3-7-5-8(12)9(13)6-10(7)14/h5-6,15H,14H2,1-2H3. The molecule has 0 aliphatic carbocycles. The van der Waals surface area contributed by atoms with Gasteiger partial charge in [-0.25, -0.2) is 8.78 Å². The molecule has 1 rings (SSSR count). The molecule has 0 amide bonds. The molecule has 80 valence electrons. The summed E-state index contributed by atoms with van der Waals surface area (Å²) in [6, 6.07) is 1.77. The van der Waals surface area contributed by atoms with Crippen LogP contribution in [0.1, 0.15) is 19.4 Å². The van der Waals surface area contributed by atoms with Gasteiger partial charge in [-0.2, -0.15) is 0 Å². The number of nitrogen functional groups attached to an aromatic ring is 1. The van der Waals surface area contributed by atoms with E-state index in [1.807, 2.05) is 0 Å². The smallest absolute Gasteiger partial charge is 0.160 e. The molecule has 3 N–H and O–H groups in total. The van der Waals surface area contributed by atoms with Gasteiger partial charge in [0.15, 0.2) is 11.6 Å². The molecule has 0 atom stereocenters. The minimum Gasteiger partial charge on any atom is -0.398 e. The van der Waals surface area contributed by atoms with Crippen molar-refractivity contribution in [3.8, 4) is 11.8 Å². The molecule has 2 nitrogen and oxygen atoms in total. The Balaban J connectivity index is 3.15. The summed E-state index contributed by atoms with van der Waals surface area (Å²) in [5, 5.41) is 9.31. The first-order chi connectivity index (χ1) is 6.79. The van der Waals surface area contributed by atoms with E-state index in [0.29, 0.717) is 0 Å². The maximum absolute atomic E-state index is 12.8. The second-order valence-electron chi connectivity index (χ2n) is 3.66. The molecule has 0 saturated heterocycles. The molecule has 0 unspecified atom stereocenters. The van der Waals surface area contributed by atoms with Crippen molar-refractivity contribution in [3.05, 3.63) is 29.3 Å². The van der Waals surface area contributed by atoms with Gasteiger partial charge in [-0.05, 0) is 19.9 Å². The lowest BCUT2D eigenvalue weighted by atomic mass is 10.1. The Kier molecular flexibility index (Phi) is 2.96. The van der Waals surface area contributed by atoms with Crippen molar-refractivity contribution in [2.24, 2.45) is 0 Å². The number of aliphatic hydroxyl groups is 1. The van der Waals surface area contributed by atoms with Gasteiger partial charge in [-0.15, -0.1) is 0 Å². The van der Waals surface area contributed by atoms with Crippen LogP contribution in [0.25, 0.3) is 0 Å². The fourth-order valence-electron chi connectivity index (χ4n) is 0.891. The summed E-state index contributed by atoms with van der Waals surface area (Å²) in [4.78, 5) is 0. The zero-order valence-corrected chi connectivity index (χ0v) is 8.44. The van der Waals surface area contributed by atoms with E-state index in [1.165, 1.54) is 13.8 Å². The van der Waals surface area contributed by atoms with Crippen LogP contribution in [0.5, 0.6) is 0 Å². The van der Waals surface area contributed by atoms with Crippen LogP contribution in [-0.4, -0.2) is 10.7 Å². The van der Waals surface area contributed by atoms with Crippen LogP contribution in [0.15, 0.2) is 12.1 Å². The van der Waals surface area contributed by atoms with Gasteiger partial charge in [0.2, 0.25) is 0 Å². The van der Waals surface area contributed by atoms with Crippen molar-refractivity contribution in [2.75, 3.05) is 5.73 Å². The highest BCUT2D eigenvalue weighted by molar-refractivity contribution is 5.56. The lowest BCUT2D eigenvalue weighted by Crippen LogP contribution is -2.14. The summed E-state index contributed by atoms with van der Waals surface area (Å²) in [6.45, 7) is 2.96. The van der Waals surface area contributed by atoms with Crippen LogP contribution >= 0.6 is 0 Å². The topological polar surface area (TPSA) is 46.2 Å². The van der Waals surface area contributed by atoms with Crippen molar-refractivity contribution < 1.29 is 13.9 Å². The highest BCUT2D eigenvalue weighted by Gasteiger charge is 2.08. The van der Waals surface area contributed by atoms with E-state index < -0.39 is 17.2 Å². The Labute approximate surface area is 86.7 Å². The second-order valence-corrected chi connectivity index (χ2v) is 3.66. The van der Waals surface area contributed by atoms with Gasteiger partial charge in [0, 0.05) is 6.07 Å². The molecule has 0 fully saturated rings. The minimum absolute atomic E-state index is 0.0469. The van der Waals surface area contributed by atoms with Crippen molar-refractivity contribution in [2.45, 2.75) is 19.4 Å². The van der Waals surface area contributed by atoms with Crippen LogP contribution in [-0.2, 0) is 0 Å². The summed E-state index contributed by atoms with van der Waals surface area (Å²) >= 11 is 0. The van der Waals surface area contributed by atoms with E-state index in [2.05, 4.69) is 11.8 Å². The highest BCUT2D eigenvalue weighted by Crippen LogP contribution is 2.16. The van der Waals surface area contributed by atoms with E-state index in [4.69, 9.17) is 5.73 Å². The number of rotatable bonds is 0. The molecule has 0 heterocycles. The molecule has 4 heteroatoms. The maximum Gasteiger partial charge on any atom is 0.160 e. The number of nitrogens with two attached hydrogens (primary N) is 1. The van der Waals surface area contributed by atoms with E-state index in [0.717, 1.165) is 12.1 Å². The van der Waals surface area contributed by atoms with Crippen LogP contribution in [0.4, 0.5) is 14.5 Å². The number of anilines is 1. The number of benzene rings is 1. The first-order valence-corrected chi connectivity index (χ1v) is 4.29. The molecule has 1 aromatic rings. The lowest BCUT2D eigenvalue weighted by Gasteiger charge is -2.06. The molecular formula is C11H11F2NO. The molecule has 0 radical (unpaired) electrons. The van der Waals surface area contributed by atoms with Gasteiger partial charge >= 0.3 is 0 Å². The van der Waals surface area contributed by atoms with Crippen molar-refractivity contribution in [1.29, 1.82) is 0 Å². The predicted molar refractivity (Wildman–Crippen MR) is 53.9 cm³/mol. The zero-order valence-electron chi connectivity index (χ0n) is 8.44. The highest BCUT2D eigenvalue weighted by atomic mass is 19.2. The fraction of sp³-hybridized carbons (Fsp3) is 0.273. The molecular weight excluding hydrogens is 200 g/mol. The third-order valence-corrected chi connectivity index (χ3v) is 1.60. The van der Waals surface area contributed by atoms with E-state index in [-0.39, 0.29) is 11.3 Å². The Morgan fingerprint density at radius 3 is 2.33 bits per heavy atom. The monoisotopic (exact) mass is 211 g/mol. The van der Waals surface area contributed by atoms with Crippen molar-refractivity contribution in [1.82, 2.24) is 0 Å². The number of hydrogen-bond donors (Lipinski definition) is 2. The number of halogens is 2. The molecule has 0 aromatic heterocycles. The van der Waals surface area contributed by atoms with E-state index in [9.17, 15) is 13.9 Å². The fourth-order valence-corrected chi connectivity index (χ4v) is 0.891. The van der Waals surface area contributed by atoms with Gasteiger partial charge in [0.25, 0.3) is 0 Å². The molecule has 1 aromatic carbocycles. The maximum atomic E-state index is 12.8. The van der Waals surface area contributed by atoms with Gasteiger partial charge in [0.1, 0.15) is 5.60 Å². The Bertz CT molecular complexity index is 438. The van der Waals surface area contributed by atoms with Crippen molar-refractivity contribution >= 4 is 5.69 Å². The average Bonchev–Trinajstić information content (AvgIpc) is 2.07. The Hall–Kier alpha value is -1.60.